The fraction of sp³-hybridized carbons (Fsp3) is 0.333. The van der Waals surface area contributed by atoms with Crippen molar-refractivity contribution in [2.24, 2.45) is 0 Å². The highest BCUT2D eigenvalue weighted by atomic mass is 32.1. The smallest absolute Gasteiger partial charge is 0.265 e. The first-order chi connectivity index (χ1) is 14.7. The zero-order chi connectivity index (χ0) is 20.9. The Kier molecular flexibility index (Phi) is 6.20. The molecule has 1 aromatic carbocycles. The van der Waals surface area contributed by atoms with E-state index in [0.717, 1.165) is 18.4 Å². The third-order valence-electron chi connectivity index (χ3n) is 5.24. The topological polar surface area (TPSA) is 89.4 Å². The fourth-order valence-electron chi connectivity index (χ4n) is 3.71. The van der Waals surface area contributed by atoms with Crippen molar-refractivity contribution in [1.82, 2.24) is 19.7 Å². The summed E-state index contributed by atoms with van der Waals surface area (Å²) in [7, 11) is 1.52. The molecular weight excluding hydrogens is 402 g/mol. The second-order valence-electron chi connectivity index (χ2n) is 7.07. The van der Waals surface area contributed by atoms with Crippen molar-refractivity contribution < 1.29 is 14.3 Å². The van der Waals surface area contributed by atoms with Gasteiger partial charge in [0.25, 0.3) is 11.8 Å². The maximum absolute atomic E-state index is 12.8. The van der Waals surface area contributed by atoms with E-state index in [0.29, 0.717) is 23.8 Å². The quantitative estimate of drug-likeness (QED) is 0.655. The van der Waals surface area contributed by atoms with Crippen LogP contribution >= 0.6 is 11.3 Å². The average Bonchev–Trinajstić information content (AvgIpc) is 3.47. The largest absolute Gasteiger partial charge is 0.367 e. The number of ether oxygens (including phenoxy) is 1. The van der Waals surface area contributed by atoms with Gasteiger partial charge >= 0.3 is 0 Å². The second kappa shape index (κ2) is 9.19. The number of nitrogens with one attached hydrogen (secondary N) is 1. The number of nitrogens with zero attached hydrogens (tertiary/aromatic N) is 4. The maximum Gasteiger partial charge on any atom is 0.265 e. The van der Waals surface area contributed by atoms with Gasteiger partial charge in [0.2, 0.25) is 0 Å². The van der Waals surface area contributed by atoms with Crippen LogP contribution in [0.2, 0.25) is 0 Å². The first-order valence-corrected chi connectivity index (χ1v) is 10.6. The zero-order valence-corrected chi connectivity index (χ0v) is 17.4. The molecule has 0 saturated carbocycles. The van der Waals surface area contributed by atoms with E-state index < -0.39 is 6.10 Å². The number of thiazole rings is 1. The molecular formula is C21H23N5O3S. The summed E-state index contributed by atoms with van der Waals surface area (Å²) in [5.41, 5.74) is 2.46. The van der Waals surface area contributed by atoms with Gasteiger partial charge in [0, 0.05) is 26.3 Å². The number of anilines is 1. The van der Waals surface area contributed by atoms with Crippen LogP contribution in [0, 0.1) is 0 Å². The van der Waals surface area contributed by atoms with Crippen molar-refractivity contribution in [1.29, 1.82) is 0 Å². The summed E-state index contributed by atoms with van der Waals surface area (Å²) in [5, 5.41) is 7.36. The van der Waals surface area contributed by atoms with E-state index in [1.54, 1.807) is 24.0 Å². The van der Waals surface area contributed by atoms with E-state index in [-0.39, 0.29) is 17.9 Å². The minimum Gasteiger partial charge on any atom is -0.367 e. The summed E-state index contributed by atoms with van der Waals surface area (Å²) in [4.78, 5) is 31.8. The molecule has 3 heterocycles. The van der Waals surface area contributed by atoms with Gasteiger partial charge in [-0.25, -0.2) is 4.68 Å². The number of benzene rings is 1. The molecule has 3 aromatic rings. The molecule has 2 aromatic heterocycles. The molecule has 1 fully saturated rings. The number of hydrogen-bond acceptors (Lipinski definition) is 6. The van der Waals surface area contributed by atoms with E-state index in [2.05, 4.69) is 15.4 Å². The van der Waals surface area contributed by atoms with Gasteiger partial charge in [0.05, 0.1) is 23.9 Å². The minimum atomic E-state index is -0.701. The molecule has 30 heavy (non-hydrogen) atoms. The Labute approximate surface area is 178 Å². The number of likely N-dealkylation sites (tertiary alicyclic amines) is 1. The van der Waals surface area contributed by atoms with Crippen LogP contribution in [0.1, 0.15) is 40.2 Å². The molecule has 8 nitrogen and oxygen atoms in total. The molecule has 1 saturated heterocycles. The third kappa shape index (κ3) is 4.27. The molecule has 4 rings (SSSR count). The van der Waals surface area contributed by atoms with Gasteiger partial charge in [-0.15, -0.1) is 11.3 Å². The molecule has 0 radical (unpaired) electrons. The van der Waals surface area contributed by atoms with Crippen LogP contribution < -0.4 is 5.32 Å². The van der Waals surface area contributed by atoms with Gasteiger partial charge in [0.15, 0.2) is 6.10 Å². The monoisotopic (exact) mass is 425 g/mol. The van der Waals surface area contributed by atoms with Crippen LogP contribution in [-0.2, 0) is 9.53 Å². The van der Waals surface area contributed by atoms with Gasteiger partial charge in [-0.2, -0.15) is 5.10 Å². The molecule has 0 spiro atoms. The average molecular weight is 426 g/mol. The molecule has 156 valence electrons. The number of amides is 2. The number of rotatable bonds is 6. The maximum atomic E-state index is 12.8. The molecule has 1 atom stereocenters. The number of piperidine rings is 1. The highest BCUT2D eigenvalue weighted by Gasteiger charge is 2.28. The Hall–Kier alpha value is -3.04. The third-order valence-corrected chi connectivity index (χ3v) is 6.00. The highest BCUT2D eigenvalue weighted by Crippen LogP contribution is 2.27. The van der Waals surface area contributed by atoms with Crippen molar-refractivity contribution in [3.8, 4) is 0 Å². The van der Waals surface area contributed by atoms with Gasteiger partial charge in [-0.05, 0) is 18.4 Å². The molecule has 9 heteroatoms. The van der Waals surface area contributed by atoms with Crippen LogP contribution in [0.15, 0.2) is 54.3 Å². The Morgan fingerprint density at radius 3 is 2.63 bits per heavy atom. The molecule has 0 unspecified atom stereocenters. The van der Waals surface area contributed by atoms with Crippen molar-refractivity contribution >= 4 is 29.0 Å². The van der Waals surface area contributed by atoms with Gasteiger partial charge in [0.1, 0.15) is 10.7 Å². The number of methoxy groups -OCH3 is 1. The molecule has 1 N–H and O–H groups in total. The fourth-order valence-corrected chi connectivity index (χ4v) is 4.30. The molecule has 2 amide bonds. The summed E-state index contributed by atoms with van der Waals surface area (Å²) < 4.78 is 7.26. The highest BCUT2D eigenvalue weighted by molar-refractivity contribution is 7.11. The zero-order valence-electron chi connectivity index (χ0n) is 16.6. The van der Waals surface area contributed by atoms with Crippen molar-refractivity contribution in [3.05, 3.63) is 64.7 Å². The van der Waals surface area contributed by atoms with E-state index in [1.807, 2.05) is 39.9 Å². The van der Waals surface area contributed by atoms with Crippen molar-refractivity contribution in [2.75, 3.05) is 25.5 Å². The SMILES string of the molecule is CO[C@@H](C(=O)Nc1ccnn1C1CCN(C(=O)c2cncs2)CC1)c1ccccc1. The van der Waals surface area contributed by atoms with Crippen LogP contribution in [0.4, 0.5) is 5.82 Å². The number of carbonyl (C=O) groups is 2. The minimum absolute atomic E-state index is 0.0238. The number of carbonyl (C=O) groups excluding carboxylic acids is 2. The Morgan fingerprint density at radius 1 is 1.20 bits per heavy atom. The molecule has 0 bridgehead atoms. The summed E-state index contributed by atoms with van der Waals surface area (Å²) in [6, 6.07) is 11.3. The summed E-state index contributed by atoms with van der Waals surface area (Å²) in [5.74, 6) is 0.407. The van der Waals surface area contributed by atoms with Crippen LogP contribution in [0.25, 0.3) is 0 Å². The lowest BCUT2D eigenvalue weighted by Gasteiger charge is -2.32. The molecule has 0 aliphatic carbocycles. The lowest BCUT2D eigenvalue weighted by atomic mass is 10.0. The summed E-state index contributed by atoms with van der Waals surface area (Å²) in [6.45, 7) is 1.28. The van der Waals surface area contributed by atoms with E-state index in [4.69, 9.17) is 4.74 Å². The van der Waals surface area contributed by atoms with Gasteiger partial charge in [-0.3, -0.25) is 14.6 Å². The van der Waals surface area contributed by atoms with Crippen LogP contribution in [0.3, 0.4) is 0 Å². The van der Waals surface area contributed by atoms with Gasteiger partial charge < -0.3 is 15.0 Å². The van der Waals surface area contributed by atoms with E-state index in [1.165, 1.54) is 18.4 Å². The standard InChI is InChI=1S/C21H23N5O3S/c1-29-19(15-5-3-2-4-6-15)20(27)24-18-7-10-23-26(18)16-8-11-25(12-9-16)21(28)17-13-22-14-30-17/h2-7,10,13-14,16,19H,8-9,11-12H2,1H3,(H,24,27)/t19-/m1/s1. The van der Waals surface area contributed by atoms with Crippen LogP contribution in [-0.4, -0.2) is 51.7 Å². The predicted octanol–water partition coefficient (Wildman–Crippen LogP) is 3.14. The second-order valence-corrected chi connectivity index (χ2v) is 7.95. The summed E-state index contributed by atoms with van der Waals surface area (Å²) >= 11 is 1.36. The first kappa shape index (κ1) is 20.2. The Bertz CT molecular complexity index is 981. The first-order valence-electron chi connectivity index (χ1n) is 9.77. The Balaban J connectivity index is 1.40. The Morgan fingerprint density at radius 2 is 1.97 bits per heavy atom. The normalized spacial score (nSPS) is 15.7. The summed E-state index contributed by atoms with van der Waals surface area (Å²) in [6.07, 6.45) is 4.12. The lowest BCUT2D eigenvalue weighted by molar-refractivity contribution is -0.126. The molecule has 1 aliphatic rings. The lowest BCUT2D eigenvalue weighted by Crippen LogP contribution is -2.39. The van der Waals surface area contributed by atoms with Gasteiger partial charge in [-0.1, -0.05) is 30.3 Å². The van der Waals surface area contributed by atoms with E-state index in [9.17, 15) is 9.59 Å². The van der Waals surface area contributed by atoms with Crippen molar-refractivity contribution in [3.63, 3.8) is 0 Å². The number of hydrogen-bond donors (Lipinski definition) is 1. The molecule has 1 aliphatic heterocycles. The van der Waals surface area contributed by atoms with E-state index >= 15 is 0 Å². The van der Waals surface area contributed by atoms with Crippen LogP contribution in [0.5, 0.6) is 0 Å². The van der Waals surface area contributed by atoms with Crippen molar-refractivity contribution in [2.45, 2.75) is 25.0 Å². The predicted molar refractivity (Wildman–Crippen MR) is 113 cm³/mol. The number of aromatic nitrogens is 3.